The van der Waals surface area contributed by atoms with Crippen LogP contribution in [0.2, 0.25) is 0 Å². The summed E-state index contributed by atoms with van der Waals surface area (Å²) in [6.45, 7) is 1.08. The number of halogens is 3. The lowest BCUT2D eigenvalue weighted by molar-refractivity contribution is -0.142. The van der Waals surface area contributed by atoms with Crippen LogP contribution >= 0.6 is 0 Å². The standard InChI is InChI=1S/C13H21F3N4O3/c1-8(10(21)19-12(23)17-2)20-5-3-9(4-6-20)11(22)18-7-13(14,15)16/h8-9H,3-7H2,1-2H3,(H,18,22)(H2,17,19,21,23)/t8-/m0/s1. The molecule has 0 saturated carbocycles. The molecule has 10 heteroatoms. The normalized spacial score (nSPS) is 18.1. The van der Waals surface area contributed by atoms with Crippen molar-refractivity contribution in [2.24, 2.45) is 5.92 Å². The van der Waals surface area contributed by atoms with Crippen molar-refractivity contribution < 1.29 is 27.6 Å². The first-order valence-electron chi connectivity index (χ1n) is 7.25. The summed E-state index contributed by atoms with van der Waals surface area (Å²) < 4.78 is 36.2. The van der Waals surface area contributed by atoms with Crippen molar-refractivity contribution in [2.75, 3.05) is 26.7 Å². The van der Waals surface area contributed by atoms with Crippen LogP contribution in [0.25, 0.3) is 0 Å². The summed E-state index contributed by atoms with van der Waals surface area (Å²) in [5.41, 5.74) is 0. The SMILES string of the molecule is CNC(=O)NC(=O)[C@H](C)N1CCC(C(=O)NCC(F)(F)F)CC1. The zero-order valence-corrected chi connectivity index (χ0v) is 13.0. The maximum absolute atomic E-state index is 12.1. The molecule has 132 valence electrons. The molecule has 1 aliphatic rings. The highest BCUT2D eigenvalue weighted by Gasteiger charge is 2.32. The summed E-state index contributed by atoms with van der Waals surface area (Å²) >= 11 is 0. The summed E-state index contributed by atoms with van der Waals surface area (Å²) in [6.07, 6.45) is -3.70. The van der Waals surface area contributed by atoms with E-state index in [0.717, 1.165) is 0 Å². The second kappa shape index (κ2) is 8.14. The van der Waals surface area contributed by atoms with Crippen LogP contribution in [0.15, 0.2) is 0 Å². The number of hydrogen-bond donors (Lipinski definition) is 3. The van der Waals surface area contributed by atoms with Gasteiger partial charge in [0.05, 0.1) is 6.04 Å². The molecule has 1 heterocycles. The van der Waals surface area contributed by atoms with Crippen LogP contribution < -0.4 is 16.0 Å². The van der Waals surface area contributed by atoms with Crippen LogP contribution in [-0.4, -0.2) is 61.6 Å². The second-order valence-corrected chi connectivity index (χ2v) is 5.39. The lowest BCUT2D eigenvalue weighted by Gasteiger charge is -2.34. The van der Waals surface area contributed by atoms with E-state index in [1.165, 1.54) is 7.05 Å². The zero-order valence-electron chi connectivity index (χ0n) is 13.0. The number of carbonyl (C=O) groups is 3. The molecule has 0 aromatic rings. The van der Waals surface area contributed by atoms with Gasteiger partial charge in [-0.25, -0.2) is 4.79 Å². The minimum Gasteiger partial charge on any atom is -0.347 e. The number of hydrogen-bond acceptors (Lipinski definition) is 4. The molecule has 4 amide bonds. The van der Waals surface area contributed by atoms with E-state index in [9.17, 15) is 27.6 Å². The van der Waals surface area contributed by atoms with Gasteiger partial charge in [0.25, 0.3) is 0 Å². The maximum Gasteiger partial charge on any atom is 0.405 e. The second-order valence-electron chi connectivity index (χ2n) is 5.39. The molecule has 0 unspecified atom stereocenters. The monoisotopic (exact) mass is 338 g/mol. The summed E-state index contributed by atoms with van der Waals surface area (Å²) in [4.78, 5) is 36.4. The van der Waals surface area contributed by atoms with Gasteiger partial charge < -0.3 is 10.6 Å². The fourth-order valence-corrected chi connectivity index (χ4v) is 2.33. The highest BCUT2D eigenvalue weighted by molar-refractivity contribution is 5.96. The van der Waals surface area contributed by atoms with E-state index >= 15 is 0 Å². The Morgan fingerprint density at radius 3 is 2.26 bits per heavy atom. The molecule has 0 radical (unpaired) electrons. The summed E-state index contributed by atoms with van der Waals surface area (Å²) in [5, 5.41) is 6.31. The molecule has 1 fully saturated rings. The number of likely N-dealkylation sites (tertiary alicyclic amines) is 1. The Kier molecular flexibility index (Phi) is 6.79. The van der Waals surface area contributed by atoms with E-state index in [-0.39, 0.29) is 0 Å². The van der Waals surface area contributed by atoms with Crippen molar-refractivity contribution in [2.45, 2.75) is 32.0 Å². The van der Waals surface area contributed by atoms with Gasteiger partial charge in [0.15, 0.2) is 0 Å². The average Bonchev–Trinajstić information content (AvgIpc) is 2.51. The molecule has 0 aromatic heterocycles. The van der Waals surface area contributed by atoms with E-state index in [0.29, 0.717) is 25.9 Å². The fraction of sp³-hybridized carbons (Fsp3) is 0.769. The Morgan fingerprint density at radius 1 is 1.22 bits per heavy atom. The molecule has 0 bridgehead atoms. The Labute approximate surface area is 132 Å². The predicted octanol–water partition coefficient (Wildman–Crippen LogP) is 0.221. The molecular weight excluding hydrogens is 317 g/mol. The van der Waals surface area contributed by atoms with Crippen LogP contribution in [0.1, 0.15) is 19.8 Å². The van der Waals surface area contributed by atoms with E-state index in [1.807, 2.05) is 5.32 Å². The number of alkyl halides is 3. The molecule has 1 rings (SSSR count). The highest BCUT2D eigenvalue weighted by Crippen LogP contribution is 2.20. The lowest BCUT2D eigenvalue weighted by atomic mass is 9.95. The van der Waals surface area contributed by atoms with Gasteiger partial charge >= 0.3 is 12.2 Å². The molecule has 0 aliphatic carbocycles. The quantitative estimate of drug-likeness (QED) is 0.684. The van der Waals surface area contributed by atoms with Crippen molar-refractivity contribution in [3.63, 3.8) is 0 Å². The van der Waals surface area contributed by atoms with Crippen molar-refractivity contribution in [3.8, 4) is 0 Å². The van der Waals surface area contributed by atoms with Gasteiger partial charge in [-0.05, 0) is 32.9 Å². The van der Waals surface area contributed by atoms with E-state index in [2.05, 4.69) is 10.6 Å². The summed E-state index contributed by atoms with van der Waals surface area (Å²) in [6, 6.07) is -1.17. The Morgan fingerprint density at radius 2 is 1.78 bits per heavy atom. The lowest BCUT2D eigenvalue weighted by Crippen LogP contribution is -2.52. The van der Waals surface area contributed by atoms with Crippen molar-refractivity contribution in [3.05, 3.63) is 0 Å². The summed E-state index contributed by atoms with van der Waals surface area (Å²) in [5.74, 6) is -1.59. The molecule has 0 aromatic carbocycles. The van der Waals surface area contributed by atoms with Crippen molar-refractivity contribution >= 4 is 17.8 Å². The number of amides is 4. The zero-order chi connectivity index (χ0) is 17.6. The number of rotatable bonds is 4. The minimum absolute atomic E-state index is 0.362. The average molecular weight is 338 g/mol. The minimum atomic E-state index is -4.43. The van der Waals surface area contributed by atoms with Crippen LogP contribution in [0.4, 0.5) is 18.0 Å². The number of nitrogens with one attached hydrogen (secondary N) is 3. The van der Waals surface area contributed by atoms with Gasteiger partial charge in [-0.2, -0.15) is 13.2 Å². The molecular formula is C13H21F3N4O3. The van der Waals surface area contributed by atoms with Crippen LogP contribution in [0.5, 0.6) is 0 Å². The van der Waals surface area contributed by atoms with E-state index in [1.54, 1.807) is 11.8 Å². The predicted molar refractivity (Wildman–Crippen MR) is 75.4 cm³/mol. The van der Waals surface area contributed by atoms with Gasteiger partial charge in [0.2, 0.25) is 11.8 Å². The van der Waals surface area contributed by atoms with Gasteiger partial charge in [-0.1, -0.05) is 0 Å². The van der Waals surface area contributed by atoms with Gasteiger partial charge in [0, 0.05) is 13.0 Å². The molecule has 3 N–H and O–H groups in total. The van der Waals surface area contributed by atoms with E-state index in [4.69, 9.17) is 0 Å². The third-order valence-corrected chi connectivity index (χ3v) is 3.75. The summed E-state index contributed by atoms with van der Waals surface area (Å²) in [7, 11) is 1.39. The Balaban J connectivity index is 2.41. The first-order chi connectivity index (χ1) is 10.6. The highest BCUT2D eigenvalue weighted by atomic mass is 19.4. The van der Waals surface area contributed by atoms with Crippen LogP contribution in [0, 0.1) is 5.92 Å². The Hall–Kier alpha value is -1.84. The van der Waals surface area contributed by atoms with Crippen LogP contribution in [-0.2, 0) is 9.59 Å². The first-order valence-corrected chi connectivity index (χ1v) is 7.25. The van der Waals surface area contributed by atoms with Gasteiger partial charge in [-0.3, -0.25) is 19.8 Å². The molecule has 23 heavy (non-hydrogen) atoms. The van der Waals surface area contributed by atoms with Crippen LogP contribution in [0.3, 0.4) is 0 Å². The molecule has 0 spiro atoms. The van der Waals surface area contributed by atoms with Gasteiger partial charge in [0.1, 0.15) is 6.54 Å². The smallest absolute Gasteiger partial charge is 0.347 e. The van der Waals surface area contributed by atoms with E-state index < -0.39 is 42.5 Å². The number of carbonyl (C=O) groups excluding carboxylic acids is 3. The first kappa shape index (κ1) is 19.2. The molecule has 7 nitrogen and oxygen atoms in total. The fourth-order valence-electron chi connectivity index (χ4n) is 2.33. The Bertz CT molecular complexity index is 448. The largest absolute Gasteiger partial charge is 0.405 e. The third kappa shape index (κ3) is 6.43. The molecule has 1 atom stereocenters. The third-order valence-electron chi connectivity index (χ3n) is 3.75. The maximum atomic E-state index is 12.1. The molecule has 1 aliphatic heterocycles. The number of nitrogens with zero attached hydrogens (tertiary/aromatic N) is 1. The number of urea groups is 1. The number of imide groups is 1. The van der Waals surface area contributed by atoms with Crippen molar-refractivity contribution in [1.29, 1.82) is 0 Å². The topological polar surface area (TPSA) is 90.5 Å². The van der Waals surface area contributed by atoms with Gasteiger partial charge in [-0.15, -0.1) is 0 Å². The molecule has 1 saturated heterocycles. The number of piperidine rings is 1. The van der Waals surface area contributed by atoms with Crippen molar-refractivity contribution in [1.82, 2.24) is 20.9 Å².